The Morgan fingerprint density at radius 1 is 0.744 bits per heavy atom. The van der Waals surface area contributed by atoms with Crippen LogP contribution in [0.1, 0.15) is 40.7 Å². The van der Waals surface area contributed by atoms with Crippen LogP contribution in [0.25, 0.3) is 33.3 Å². The summed E-state index contributed by atoms with van der Waals surface area (Å²) in [5, 5.41) is 0.959. The molecule has 1 aromatic heterocycles. The summed E-state index contributed by atoms with van der Waals surface area (Å²) in [4.78, 5) is 16.7. The highest BCUT2D eigenvalue weighted by atomic mass is 16.5. The second-order valence-electron chi connectivity index (χ2n) is 11.4. The summed E-state index contributed by atoms with van der Waals surface area (Å²) >= 11 is 0. The fraction of sp³-hybridized carbons (Fsp3) is 0.270. The summed E-state index contributed by atoms with van der Waals surface area (Å²) in [7, 11) is 3.36. The van der Waals surface area contributed by atoms with Gasteiger partial charge in [-0.05, 0) is 103 Å². The second-order valence-corrected chi connectivity index (χ2v) is 11.4. The van der Waals surface area contributed by atoms with E-state index in [0.717, 1.165) is 81.3 Å². The van der Waals surface area contributed by atoms with Crippen molar-refractivity contribution < 1.29 is 19.0 Å². The molecule has 1 fully saturated rings. The second kappa shape index (κ2) is 11.6. The maximum Gasteiger partial charge on any atom is 0.195 e. The predicted molar refractivity (Wildman–Crippen MR) is 171 cm³/mol. The minimum atomic E-state index is 0.0134. The summed E-state index contributed by atoms with van der Waals surface area (Å²) in [6.07, 6.45) is 3.88. The first-order valence-electron chi connectivity index (χ1n) is 15.1. The van der Waals surface area contributed by atoms with Gasteiger partial charge in [0.15, 0.2) is 5.78 Å². The molecule has 0 aliphatic carbocycles. The quantitative estimate of drug-likeness (QED) is 0.169. The van der Waals surface area contributed by atoms with Crippen molar-refractivity contribution in [1.82, 2.24) is 9.47 Å². The number of hydrogen-bond donors (Lipinski definition) is 0. The van der Waals surface area contributed by atoms with E-state index >= 15 is 0 Å². The van der Waals surface area contributed by atoms with Crippen molar-refractivity contribution in [2.75, 3.05) is 40.5 Å². The van der Waals surface area contributed by atoms with Crippen LogP contribution in [0.4, 0.5) is 0 Å². The van der Waals surface area contributed by atoms with Gasteiger partial charge < -0.3 is 18.8 Å². The number of carbonyl (C=O) groups excluding carboxylic acids is 1. The standard InChI is InChI=1S/C37H36N2O4/c1-41-29-11-6-25(7-12-29)27-10-16-33-34(23-27)39-24-28-22-31(42-2)15-17-32(28)36(39)35(33)37(40)26-8-13-30(14-9-26)43-21-20-38-18-4-3-5-19-38/h6-17,22-23H,3-5,18-21,24H2,1-2H3. The molecule has 6 heteroatoms. The Labute approximate surface area is 252 Å². The number of hydrogen-bond acceptors (Lipinski definition) is 5. The third kappa shape index (κ3) is 5.17. The lowest BCUT2D eigenvalue weighted by atomic mass is 9.95. The fourth-order valence-electron chi connectivity index (χ4n) is 6.54. The van der Waals surface area contributed by atoms with Crippen LogP contribution in [0.3, 0.4) is 0 Å². The van der Waals surface area contributed by atoms with Crippen LogP contribution in [0.2, 0.25) is 0 Å². The van der Waals surface area contributed by atoms with Crippen molar-refractivity contribution in [1.29, 1.82) is 0 Å². The van der Waals surface area contributed by atoms with Crippen LogP contribution in [0.5, 0.6) is 17.2 Å². The van der Waals surface area contributed by atoms with E-state index in [9.17, 15) is 4.79 Å². The van der Waals surface area contributed by atoms with Gasteiger partial charge in [0, 0.05) is 29.6 Å². The first kappa shape index (κ1) is 27.3. The topological polar surface area (TPSA) is 52.9 Å². The Morgan fingerprint density at radius 2 is 1.44 bits per heavy atom. The molecule has 0 spiro atoms. The van der Waals surface area contributed by atoms with Gasteiger partial charge in [-0.3, -0.25) is 9.69 Å². The van der Waals surface area contributed by atoms with Crippen LogP contribution in [-0.4, -0.2) is 55.7 Å². The average Bonchev–Trinajstić information content (AvgIpc) is 3.59. The van der Waals surface area contributed by atoms with Gasteiger partial charge in [-0.1, -0.05) is 30.7 Å². The summed E-state index contributed by atoms with van der Waals surface area (Å²) in [6, 6.07) is 28.2. The number of benzene rings is 4. The molecule has 0 amide bonds. The SMILES string of the molecule is COc1ccc(-c2ccc3c(C(=O)c4ccc(OCCN5CCCCC5)cc4)c4n(c3c2)Cc2cc(OC)ccc2-4)cc1. The van der Waals surface area contributed by atoms with Crippen molar-refractivity contribution in [2.24, 2.45) is 0 Å². The van der Waals surface area contributed by atoms with E-state index in [1.165, 1.54) is 19.3 Å². The number of nitrogens with zero attached hydrogens (tertiary/aromatic N) is 2. The summed E-state index contributed by atoms with van der Waals surface area (Å²) in [5.74, 6) is 2.45. The zero-order chi connectivity index (χ0) is 29.3. The highest BCUT2D eigenvalue weighted by Crippen LogP contribution is 2.44. The zero-order valence-electron chi connectivity index (χ0n) is 24.8. The molecule has 0 N–H and O–H groups in total. The molecular formula is C37H36N2O4. The summed E-state index contributed by atoms with van der Waals surface area (Å²) in [5.41, 5.74) is 7.81. The molecule has 7 rings (SSSR count). The lowest BCUT2D eigenvalue weighted by Gasteiger charge is -2.26. The van der Waals surface area contributed by atoms with Crippen LogP contribution < -0.4 is 14.2 Å². The Kier molecular flexibility index (Phi) is 7.37. The number of ketones is 1. The third-order valence-electron chi connectivity index (χ3n) is 8.85. The smallest absolute Gasteiger partial charge is 0.195 e. The lowest BCUT2D eigenvalue weighted by molar-refractivity contribution is 0.104. The molecule has 6 nitrogen and oxygen atoms in total. The minimum absolute atomic E-state index is 0.0134. The van der Waals surface area contributed by atoms with E-state index in [1.807, 2.05) is 42.5 Å². The molecule has 3 heterocycles. The molecule has 43 heavy (non-hydrogen) atoms. The number of aromatic nitrogens is 1. The molecule has 2 aliphatic rings. The van der Waals surface area contributed by atoms with E-state index in [0.29, 0.717) is 18.7 Å². The van der Waals surface area contributed by atoms with Gasteiger partial charge in [-0.25, -0.2) is 0 Å². The Balaban J connectivity index is 1.23. The largest absolute Gasteiger partial charge is 0.497 e. The molecular weight excluding hydrogens is 536 g/mol. The van der Waals surface area contributed by atoms with Crippen molar-refractivity contribution >= 4 is 16.7 Å². The number of methoxy groups -OCH3 is 2. The normalized spacial score (nSPS) is 14.4. The van der Waals surface area contributed by atoms with Gasteiger partial charge in [-0.15, -0.1) is 0 Å². The summed E-state index contributed by atoms with van der Waals surface area (Å²) in [6.45, 7) is 4.59. The van der Waals surface area contributed by atoms with E-state index in [1.54, 1.807) is 14.2 Å². The van der Waals surface area contributed by atoms with Gasteiger partial charge in [0.2, 0.25) is 0 Å². The minimum Gasteiger partial charge on any atom is -0.497 e. The Bertz CT molecular complexity index is 1780. The van der Waals surface area contributed by atoms with Gasteiger partial charge in [0.25, 0.3) is 0 Å². The molecule has 2 aliphatic heterocycles. The molecule has 0 unspecified atom stereocenters. The first-order valence-corrected chi connectivity index (χ1v) is 15.1. The average molecular weight is 573 g/mol. The van der Waals surface area contributed by atoms with Gasteiger partial charge in [-0.2, -0.15) is 0 Å². The van der Waals surface area contributed by atoms with Gasteiger partial charge in [0.1, 0.15) is 23.9 Å². The van der Waals surface area contributed by atoms with Crippen molar-refractivity contribution in [3.63, 3.8) is 0 Å². The number of rotatable bonds is 9. The van der Waals surface area contributed by atoms with E-state index in [4.69, 9.17) is 14.2 Å². The highest BCUT2D eigenvalue weighted by molar-refractivity contribution is 6.21. The number of ether oxygens (including phenoxy) is 3. The Morgan fingerprint density at radius 3 is 2.19 bits per heavy atom. The maximum absolute atomic E-state index is 14.3. The van der Waals surface area contributed by atoms with Crippen molar-refractivity contribution in [2.45, 2.75) is 25.8 Å². The van der Waals surface area contributed by atoms with E-state index in [2.05, 4.69) is 51.9 Å². The van der Waals surface area contributed by atoms with Crippen LogP contribution in [-0.2, 0) is 6.54 Å². The predicted octanol–water partition coefficient (Wildman–Crippen LogP) is 7.45. The first-order chi connectivity index (χ1) is 21.1. The van der Waals surface area contributed by atoms with Crippen molar-refractivity contribution in [3.05, 3.63) is 102 Å². The monoisotopic (exact) mass is 572 g/mol. The number of likely N-dealkylation sites (tertiary alicyclic amines) is 1. The Hall–Kier alpha value is -4.55. The van der Waals surface area contributed by atoms with Gasteiger partial charge >= 0.3 is 0 Å². The van der Waals surface area contributed by atoms with E-state index < -0.39 is 0 Å². The van der Waals surface area contributed by atoms with Crippen LogP contribution >= 0.6 is 0 Å². The molecule has 218 valence electrons. The molecule has 0 atom stereocenters. The van der Waals surface area contributed by atoms with E-state index in [-0.39, 0.29) is 5.78 Å². The number of carbonyl (C=O) groups is 1. The molecule has 0 radical (unpaired) electrons. The maximum atomic E-state index is 14.3. The molecule has 0 bridgehead atoms. The molecule has 5 aromatic rings. The zero-order valence-corrected chi connectivity index (χ0v) is 24.8. The van der Waals surface area contributed by atoms with Crippen molar-refractivity contribution in [3.8, 4) is 39.6 Å². The third-order valence-corrected chi connectivity index (χ3v) is 8.85. The molecule has 1 saturated heterocycles. The molecule has 0 saturated carbocycles. The number of fused-ring (bicyclic) bond motifs is 5. The van der Waals surface area contributed by atoms with Crippen LogP contribution in [0, 0.1) is 0 Å². The number of piperidine rings is 1. The summed E-state index contributed by atoms with van der Waals surface area (Å²) < 4.78 is 19.2. The lowest BCUT2D eigenvalue weighted by Crippen LogP contribution is -2.33. The van der Waals surface area contributed by atoms with Gasteiger partial charge in [0.05, 0.1) is 31.0 Å². The van der Waals surface area contributed by atoms with Crippen LogP contribution in [0.15, 0.2) is 84.9 Å². The highest BCUT2D eigenvalue weighted by Gasteiger charge is 2.30. The molecule has 4 aromatic carbocycles. The fourth-order valence-corrected chi connectivity index (χ4v) is 6.54.